The molecule has 2 aromatic rings. The van der Waals surface area contributed by atoms with E-state index in [9.17, 15) is 30.7 Å². The summed E-state index contributed by atoms with van der Waals surface area (Å²) in [5.74, 6) is -8.02. The zero-order valence-corrected chi connectivity index (χ0v) is 16.0. The first-order valence-corrected chi connectivity index (χ1v) is 8.60. The van der Waals surface area contributed by atoms with Crippen molar-refractivity contribution in [2.45, 2.75) is 38.8 Å². The number of halogens is 7. The molecule has 0 saturated carbocycles. The van der Waals surface area contributed by atoms with Gasteiger partial charge in [0.2, 0.25) is 0 Å². The van der Waals surface area contributed by atoms with Crippen molar-refractivity contribution >= 4 is 11.4 Å². The molecule has 156 valence electrons. The zero-order chi connectivity index (χ0) is 22.1. The number of benzene rings is 2. The zero-order valence-electron chi connectivity index (χ0n) is 16.0. The maximum atomic E-state index is 14.7. The van der Waals surface area contributed by atoms with Crippen molar-refractivity contribution in [1.29, 1.82) is 0 Å². The number of hydrogen-bond acceptors (Lipinski definition) is 0. The minimum Gasteiger partial charge on any atom is -0.207 e. The molecular formula is C22H19F7. The van der Waals surface area contributed by atoms with Gasteiger partial charge in [-0.1, -0.05) is 30.4 Å². The average molecular weight is 416 g/mol. The van der Waals surface area contributed by atoms with Gasteiger partial charge in [-0.05, 0) is 54.8 Å². The second-order valence-corrected chi connectivity index (χ2v) is 7.02. The van der Waals surface area contributed by atoms with E-state index in [1.165, 1.54) is 19.9 Å². The molecule has 0 N–H and O–H groups in total. The smallest absolute Gasteiger partial charge is 0.207 e. The lowest BCUT2D eigenvalue weighted by atomic mass is 9.92. The Morgan fingerprint density at radius 2 is 1.66 bits per heavy atom. The monoisotopic (exact) mass is 416 g/mol. The van der Waals surface area contributed by atoms with Crippen LogP contribution in [-0.2, 0) is 5.92 Å². The van der Waals surface area contributed by atoms with Gasteiger partial charge >= 0.3 is 6.18 Å². The average Bonchev–Trinajstić information content (AvgIpc) is 2.56. The highest BCUT2D eigenvalue weighted by Crippen LogP contribution is 2.40. The molecule has 0 spiro atoms. The van der Waals surface area contributed by atoms with Crippen molar-refractivity contribution in [3.8, 4) is 0 Å². The van der Waals surface area contributed by atoms with Gasteiger partial charge in [0.1, 0.15) is 17.6 Å². The Kier molecular flexibility index (Phi) is 6.30. The van der Waals surface area contributed by atoms with Crippen molar-refractivity contribution < 1.29 is 30.7 Å². The molecule has 0 aromatic heterocycles. The Labute approximate surface area is 164 Å². The molecule has 0 bridgehead atoms. The lowest BCUT2D eigenvalue weighted by Gasteiger charge is -2.19. The van der Waals surface area contributed by atoms with E-state index < -0.39 is 46.4 Å². The fourth-order valence-corrected chi connectivity index (χ4v) is 2.99. The third kappa shape index (κ3) is 5.49. The minimum absolute atomic E-state index is 0.0853. The molecule has 0 amide bonds. The molecule has 0 fully saturated rings. The first-order valence-electron chi connectivity index (χ1n) is 8.60. The molecular weight excluding hydrogens is 397 g/mol. The van der Waals surface area contributed by atoms with E-state index >= 15 is 0 Å². The highest BCUT2D eigenvalue weighted by Gasteiger charge is 2.40. The van der Waals surface area contributed by atoms with Crippen LogP contribution in [0.2, 0.25) is 0 Å². The van der Waals surface area contributed by atoms with Crippen LogP contribution in [0.3, 0.4) is 0 Å². The molecule has 0 heterocycles. The number of aryl methyl sites for hydroxylation is 1. The Morgan fingerprint density at radius 3 is 2.14 bits per heavy atom. The van der Waals surface area contributed by atoms with Crippen LogP contribution in [0.25, 0.3) is 11.4 Å². The Hall–Kier alpha value is -2.57. The number of hydrogen-bond donors (Lipinski definition) is 0. The molecule has 1 unspecified atom stereocenters. The predicted molar refractivity (Wildman–Crippen MR) is 99.7 cm³/mol. The molecule has 2 rings (SSSR count). The van der Waals surface area contributed by atoms with Crippen molar-refractivity contribution in [3.05, 3.63) is 82.7 Å². The molecule has 1 atom stereocenters. The van der Waals surface area contributed by atoms with Crippen LogP contribution in [0.4, 0.5) is 30.7 Å². The Balaban J connectivity index is 2.60. The standard InChI is InChI=1S/C22H19F7/c1-12(2)17-6-5-14(10-19(17)21(4,25)26)20(24)11-18(22(27,28)29)15-7-13(3)8-16(23)9-15/h5-11,18H,1H2,2-4H3/b20-11-. The summed E-state index contributed by atoms with van der Waals surface area (Å²) in [5.41, 5.74) is -0.834. The second kappa shape index (κ2) is 8.05. The Morgan fingerprint density at radius 1 is 1.03 bits per heavy atom. The van der Waals surface area contributed by atoms with Crippen LogP contribution in [0.1, 0.15) is 47.6 Å². The predicted octanol–water partition coefficient (Wildman–Crippen LogP) is 7.94. The van der Waals surface area contributed by atoms with E-state index in [-0.39, 0.29) is 17.2 Å². The first kappa shape index (κ1) is 22.7. The highest BCUT2D eigenvalue weighted by atomic mass is 19.4. The van der Waals surface area contributed by atoms with E-state index in [1.54, 1.807) is 0 Å². The molecule has 0 aliphatic carbocycles. The summed E-state index contributed by atoms with van der Waals surface area (Å²) >= 11 is 0. The molecule has 29 heavy (non-hydrogen) atoms. The lowest BCUT2D eigenvalue weighted by Crippen LogP contribution is -2.19. The fourth-order valence-electron chi connectivity index (χ4n) is 2.99. The van der Waals surface area contributed by atoms with Crippen LogP contribution in [0.5, 0.6) is 0 Å². The summed E-state index contributed by atoms with van der Waals surface area (Å²) in [7, 11) is 0. The van der Waals surface area contributed by atoms with Gasteiger partial charge in [-0.15, -0.1) is 0 Å². The lowest BCUT2D eigenvalue weighted by molar-refractivity contribution is -0.139. The normalized spacial score (nSPS) is 14.1. The van der Waals surface area contributed by atoms with Crippen LogP contribution >= 0.6 is 0 Å². The molecule has 0 radical (unpaired) electrons. The summed E-state index contributed by atoms with van der Waals surface area (Å²) in [4.78, 5) is 0. The van der Waals surface area contributed by atoms with Gasteiger partial charge in [-0.25, -0.2) is 17.6 Å². The van der Waals surface area contributed by atoms with E-state index in [0.717, 1.165) is 24.3 Å². The molecule has 0 saturated heterocycles. The molecule has 2 aromatic carbocycles. The van der Waals surface area contributed by atoms with Crippen molar-refractivity contribution in [2.75, 3.05) is 0 Å². The van der Waals surface area contributed by atoms with Gasteiger partial charge in [0.05, 0.1) is 0 Å². The van der Waals surface area contributed by atoms with Gasteiger partial charge in [0.25, 0.3) is 5.92 Å². The summed E-state index contributed by atoms with van der Waals surface area (Å²) in [5, 5.41) is 0. The summed E-state index contributed by atoms with van der Waals surface area (Å²) in [6.07, 6.45) is -4.64. The first-order chi connectivity index (χ1) is 13.2. The van der Waals surface area contributed by atoms with Gasteiger partial charge in [0.15, 0.2) is 0 Å². The fraction of sp³-hybridized carbons (Fsp3) is 0.273. The van der Waals surface area contributed by atoms with Crippen LogP contribution in [0.15, 0.2) is 49.1 Å². The summed E-state index contributed by atoms with van der Waals surface area (Å²) < 4.78 is 96.7. The third-order valence-electron chi connectivity index (χ3n) is 4.32. The maximum absolute atomic E-state index is 14.7. The molecule has 0 aliphatic rings. The van der Waals surface area contributed by atoms with E-state index in [1.807, 2.05) is 0 Å². The largest absolute Gasteiger partial charge is 0.399 e. The number of rotatable bonds is 5. The summed E-state index contributed by atoms with van der Waals surface area (Å²) in [6.45, 7) is 7.09. The van der Waals surface area contributed by atoms with Gasteiger partial charge < -0.3 is 0 Å². The minimum atomic E-state index is -4.91. The van der Waals surface area contributed by atoms with Gasteiger partial charge in [0, 0.05) is 18.1 Å². The van der Waals surface area contributed by atoms with E-state index in [0.29, 0.717) is 18.6 Å². The van der Waals surface area contributed by atoms with Crippen molar-refractivity contribution in [3.63, 3.8) is 0 Å². The molecule has 0 nitrogen and oxygen atoms in total. The Bertz CT molecular complexity index is 926. The van der Waals surface area contributed by atoms with Gasteiger partial charge in [-0.2, -0.15) is 13.2 Å². The summed E-state index contributed by atoms with van der Waals surface area (Å²) in [6, 6.07) is 5.91. The van der Waals surface area contributed by atoms with Crippen LogP contribution < -0.4 is 0 Å². The maximum Gasteiger partial charge on any atom is 0.399 e. The van der Waals surface area contributed by atoms with Crippen molar-refractivity contribution in [2.24, 2.45) is 0 Å². The van der Waals surface area contributed by atoms with Crippen LogP contribution in [0, 0.1) is 12.7 Å². The number of alkyl halides is 5. The van der Waals surface area contributed by atoms with Crippen molar-refractivity contribution in [1.82, 2.24) is 0 Å². The molecule has 7 heteroatoms. The SMILES string of the molecule is C=C(C)c1ccc(/C(F)=C/C(c2cc(C)cc(F)c2)C(F)(F)F)cc1C(C)(F)F. The van der Waals surface area contributed by atoms with Gasteiger partial charge in [-0.3, -0.25) is 0 Å². The molecule has 0 aliphatic heterocycles. The van der Waals surface area contributed by atoms with E-state index in [4.69, 9.17) is 0 Å². The number of allylic oxidation sites excluding steroid dienone is 2. The van der Waals surface area contributed by atoms with E-state index in [2.05, 4.69) is 6.58 Å². The second-order valence-electron chi connectivity index (χ2n) is 7.02. The third-order valence-corrected chi connectivity index (χ3v) is 4.32. The van der Waals surface area contributed by atoms with Crippen LogP contribution in [-0.4, -0.2) is 6.18 Å². The highest BCUT2D eigenvalue weighted by molar-refractivity contribution is 5.70. The quantitative estimate of drug-likeness (QED) is 0.434. The topological polar surface area (TPSA) is 0 Å².